The van der Waals surface area contributed by atoms with Gasteiger partial charge in [0.05, 0.1) is 10.6 Å². The average molecular weight is 469 g/mol. The van der Waals surface area contributed by atoms with Gasteiger partial charge in [0.15, 0.2) is 0 Å². The van der Waals surface area contributed by atoms with Crippen molar-refractivity contribution in [3.63, 3.8) is 0 Å². The standard InChI is InChI=1S/C25H26Cl2N4O/c1-3-23-21(16-18-8-10-19(26)11-9-18)24(29-17(2)28-23)30-12-14-31(15-13-30)25(32)20-6-4-5-7-22(20)27/h4-11H,3,12-16H2,1-2H3. The number of carbonyl (C=O) groups excluding carboxylic acids is 1. The summed E-state index contributed by atoms with van der Waals surface area (Å²) in [6.45, 7) is 6.72. The highest BCUT2D eigenvalue weighted by molar-refractivity contribution is 6.33. The van der Waals surface area contributed by atoms with Gasteiger partial charge in [0.25, 0.3) is 5.91 Å². The second-order valence-corrected chi connectivity index (χ2v) is 8.78. The predicted molar refractivity (Wildman–Crippen MR) is 130 cm³/mol. The van der Waals surface area contributed by atoms with E-state index < -0.39 is 0 Å². The smallest absolute Gasteiger partial charge is 0.255 e. The Balaban J connectivity index is 1.56. The fourth-order valence-electron chi connectivity index (χ4n) is 4.11. The number of anilines is 1. The van der Waals surface area contributed by atoms with Crippen LogP contribution in [0.15, 0.2) is 48.5 Å². The summed E-state index contributed by atoms with van der Waals surface area (Å²) >= 11 is 12.3. The van der Waals surface area contributed by atoms with Crippen molar-refractivity contribution in [1.29, 1.82) is 0 Å². The first kappa shape index (κ1) is 22.6. The fourth-order valence-corrected chi connectivity index (χ4v) is 4.45. The van der Waals surface area contributed by atoms with Crippen molar-refractivity contribution in [2.45, 2.75) is 26.7 Å². The molecule has 1 aromatic heterocycles. The molecule has 0 atom stereocenters. The van der Waals surface area contributed by atoms with Crippen LogP contribution in [-0.2, 0) is 12.8 Å². The molecule has 0 aliphatic carbocycles. The summed E-state index contributed by atoms with van der Waals surface area (Å²) in [6, 6.07) is 15.1. The van der Waals surface area contributed by atoms with Crippen molar-refractivity contribution < 1.29 is 4.79 Å². The lowest BCUT2D eigenvalue weighted by atomic mass is 10.0. The van der Waals surface area contributed by atoms with Gasteiger partial charge < -0.3 is 9.80 Å². The van der Waals surface area contributed by atoms with E-state index in [1.807, 2.05) is 48.2 Å². The largest absolute Gasteiger partial charge is 0.353 e. The molecular weight excluding hydrogens is 443 g/mol. The van der Waals surface area contributed by atoms with Crippen LogP contribution < -0.4 is 4.90 Å². The summed E-state index contributed by atoms with van der Waals surface area (Å²) in [4.78, 5) is 26.6. The van der Waals surface area contributed by atoms with Crippen molar-refractivity contribution in [2.24, 2.45) is 0 Å². The van der Waals surface area contributed by atoms with Crippen LogP contribution in [0, 0.1) is 6.92 Å². The molecule has 0 N–H and O–H groups in total. The summed E-state index contributed by atoms with van der Waals surface area (Å²) in [6.07, 6.45) is 1.58. The van der Waals surface area contributed by atoms with E-state index in [4.69, 9.17) is 33.2 Å². The first-order valence-corrected chi connectivity index (χ1v) is 11.6. The second kappa shape index (κ2) is 9.88. The number of nitrogens with zero attached hydrogens (tertiary/aromatic N) is 4. The molecule has 166 valence electrons. The molecule has 32 heavy (non-hydrogen) atoms. The van der Waals surface area contributed by atoms with Crippen molar-refractivity contribution in [2.75, 3.05) is 31.1 Å². The van der Waals surface area contributed by atoms with Crippen LogP contribution in [0.1, 0.15) is 39.9 Å². The number of benzene rings is 2. The maximum Gasteiger partial charge on any atom is 0.255 e. The molecule has 1 saturated heterocycles. The Bertz CT molecular complexity index is 1110. The molecule has 0 unspecified atom stereocenters. The summed E-state index contributed by atoms with van der Waals surface area (Å²) in [7, 11) is 0. The van der Waals surface area contributed by atoms with E-state index in [2.05, 4.69) is 11.8 Å². The van der Waals surface area contributed by atoms with Crippen molar-refractivity contribution in [3.05, 3.63) is 86.8 Å². The van der Waals surface area contributed by atoms with Crippen molar-refractivity contribution in [3.8, 4) is 0 Å². The third-order valence-corrected chi connectivity index (χ3v) is 6.36. The van der Waals surface area contributed by atoms with Gasteiger partial charge in [-0.2, -0.15) is 0 Å². The van der Waals surface area contributed by atoms with Crippen LogP contribution in [0.5, 0.6) is 0 Å². The fraction of sp³-hybridized carbons (Fsp3) is 0.320. The SMILES string of the molecule is CCc1nc(C)nc(N2CCN(C(=O)c3ccccc3Cl)CC2)c1Cc1ccc(Cl)cc1. The van der Waals surface area contributed by atoms with Gasteiger partial charge in [0.2, 0.25) is 0 Å². The molecule has 1 amide bonds. The number of hydrogen-bond acceptors (Lipinski definition) is 4. The van der Waals surface area contributed by atoms with Crippen LogP contribution in [0.2, 0.25) is 10.0 Å². The quantitative estimate of drug-likeness (QED) is 0.515. The Hall–Kier alpha value is -2.63. The zero-order valence-corrected chi connectivity index (χ0v) is 19.8. The highest BCUT2D eigenvalue weighted by atomic mass is 35.5. The van der Waals surface area contributed by atoms with E-state index in [9.17, 15) is 4.79 Å². The molecule has 4 rings (SSSR count). The van der Waals surface area contributed by atoms with Gasteiger partial charge in [0.1, 0.15) is 11.6 Å². The number of rotatable bonds is 5. The molecule has 1 fully saturated rings. The lowest BCUT2D eigenvalue weighted by Gasteiger charge is -2.36. The Morgan fingerprint density at radius 1 is 0.969 bits per heavy atom. The Morgan fingerprint density at radius 3 is 2.31 bits per heavy atom. The summed E-state index contributed by atoms with van der Waals surface area (Å²) < 4.78 is 0. The molecule has 7 heteroatoms. The minimum absolute atomic E-state index is 0.0234. The molecule has 0 bridgehead atoms. The number of aryl methyl sites for hydroxylation is 2. The van der Waals surface area contributed by atoms with Crippen LogP contribution >= 0.6 is 23.2 Å². The number of aromatic nitrogens is 2. The lowest BCUT2D eigenvalue weighted by Crippen LogP contribution is -2.49. The van der Waals surface area contributed by atoms with Gasteiger partial charge in [-0.1, -0.05) is 54.4 Å². The van der Waals surface area contributed by atoms with Gasteiger partial charge in [0, 0.05) is 48.9 Å². The molecule has 1 aliphatic rings. The number of piperazine rings is 1. The monoisotopic (exact) mass is 468 g/mol. The molecule has 2 aromatic carbocycles. The first-order chi connectivity index (χ1) is 15.5. The van der Waals surface area contributed by atoms with Gasteiger partial charge in [-0.05, 0) is 43.2 Å². The summed E-state index contributed by atoms with van der Waals surface area (Å²) in [5.41, 5.74) is 3.94. The number of halogens is 2. The van der Waals surface area contributed by atoms with E-state index in [0.29, 0.717) is 36.8 Å². The van der Waals surface area contributed by atoms with E-state index in [1.165, 1.54) is 5.56 Å². The highest BCUT2D eigenvalue weighted by Crippen LogP contribution is 2.27. The number of hydrogen-bond donors (Lipinski definition) is 0. The molecule has 0 saturated carbocycles. The zero-order valence-electron chi connectivity index (χ0n) is 18.3. The van der Waals surface area contributed by atoms with Gasteiger partial charge >= 0.3 is 0 Å². The topological polar surface area (TPSA) is 49.3 Å². The molecule has 1 aliphatic heterocycles. The van der Waals surface area contributed by atoms with Crippen molar-refractivity contribution in [1.82, 2.24) is 14.9 Å². The maximum absolute atomic E-state index is 12.9. The highest BCUT2D eigenvalue weighted by Gasteiger charge is 2.26. The van der Waals surface area contributed by atoms with Crippen LogP contribution in [-0.4, -0.2) is 47.0 Å². The molecule has 0 radical (unpaired) electrons. The number of carbonyl (C=O) groups is 1. The Morgan fingerprint density at radius 2 is 1.66 bits per heavy atom. The Kier molecular flexibility index (Phi) is 6.97. The number of amides is 1. The average Bonchev–Trinajstić information content (AvgIpc) is 2.81. The van der Waals surface area contributed by atoms with Crippen LogP contribution in [0.3, 0.4) is 0 Å². The zero-order chi connectivity index (χ0) is 22.7. The molecule has 5 nitrogen and oxygen atoms in total. The Labute approximate surface area is 199 Å². The van der Waals surface area contributed by atoms with Crippen LogP contribution in [0.4, 0.5) is 5.82 Å². The molecule has 2 heterocycles. The van der Waals surface area contributed by atoms with E-state index in [0.717, 1.165) is 40.8 Å². The first-order valence-electron chi connectivity index (χ1n) is 10.9. The van der Waals surface area contributed by atoms with Crippen molar-refractivity contribution >= 4 is 34.9 Å². The second-order valence-electron chi connectivity index (χ2n) is 7.94. The van der Waals surface area contributed by atoms with Gasteiger partial charge in [-0.3, -0.25) is 4.79 Å². The third-order valence-electron chi connectivity index (χ3n) is 5.78. The molecule has 0 spiro atoms. The normalized spacial score (nSPS) is 14.0. The van der Waals surface area contributed by atoms with Gasteiger partial charge in [-0.15, -0.1) is 0 Å². The lowest BCUT2D eigenvalue weighted by molar-refractivity contribution is 0.0746. The summed E-state index contributed by atoms with van der Waals surface area (Å²) in [5.74, 6) is 1.71. The van der Waals surface area contributed by atoms with E-state index in [-0.39, 0.29) is 5.91 Å². The van der Waals surface area contributed by atoms with Crippen LogP contribution in [0.25, 0.3) is 0 Å². The molecular formula is C25H26Cl2N4O. The summed E-state index contributed by atoms with van der Waals surface area (Å²) in [5, 5.41) is 1.22. The minimum atomic E-state index is -0.0234. The third kappa shape index (κ3) is 4.89. The predicted octanol–water partition coefficient (Wildman–Crippen LogP) is 5.21. The maximum atomic E-state index is 12.9. The minimum Gasteiger partial charge on any atom is -0.353 e. The van der Waals surface area contributed by atoms with E-state index in [1.54, 1.807) is 12.1 Å². The molecule has 3 aromatic rings. The van der Waals surface area contributed by atoms with Gasteiger partial charge in [-0.25, -0.2) is 9.97 Å². The van der Waals surface area contributed by atoms with E-state index >= 15 is 0 Å².